The fourth-order valence-corrected chi connectivity index (χ4v) is 2.56. The fraction of sp³-hybridized carbons (Fsp3) is 0.562. The summed E-state index contributed by atoms with van der Waals surface area (Å²) in [4.78, 5) is 14.1. The number of likely N-dealkylation sites (tertiary alicyclic amines) is 1. The maximum Gasteiger partial charge on any atom is 0.223 e. The summed E-state index contributed by atoms with van der Waals surface area (Å²) >= 11 is 0. The van der Waals surface area contributed by atoms with E-state index < -0.39 is 0 Å². The van der Waals surface area contributed by atoms with E-state index in [1.165, 1.54) is 19.4 Å². The lowest BCUT2D eigenvalue weighted by Gasteiger charge is -2.29. The van der Waals surface area contributed by atoms with E-state index >= 15 is 0 Å². The molecular weight excluding hydrogens is 252 g/mol. The Morgan fingerprint density at radius 1 is 1.40 bits per heavy atom. The molecule has 1 saturated heterocycles. The number of carbonyl (C=O) groups excluding carboxylic acids is 1. The van der Waals surface area contributed by atoms with Crippen LogP contribution in [-0.4, -0.2) is 44.1 Å². The Hall–Kier alpha value is -1.55. The van der Waals surface area contributed by atoms with Crippen molar-refractivity contribution in [1.29, 1.82) is 0 Å². The summed E-state index contributed by atoms with van der Waals surface area (Å²) in [7, 11) is 2.14. The number of hydrogen-bond acceptors (Lipinski definition) is 3. The van der Waals surface area contributed by atoms with Crippen LogP contribution in [0.4, 0.5) is 0 Å². The normalized spacial score (nSPS) is 19.6. The second kappa shape index (κ2) is 7.90. The Balaban J connectivity index is 1.58. The van der Waals surface area contributed by atoms with Crippen molar-refractivity contribution in [2.75, 3.05) is 33.3 Å². The Morgan fingerprint density at radius 3 is 2.95 bits per heavy atom. The molecule has 0 aromatic heterocycles. The minimum absolute atomic E-state index is 0.0779. The Bertz CT molecular complexity index is 408. The van der Waals surface area contributed by atoms with Crippen molar-refractivity contribution < 1.29 is 9.53 Å². The molecule has 0 aliphatic carbocycles. The van der Waals surface area contributed by atoms with Gasteiger partial charge in [-0.05, 0) is 44.5 Å². The van der Waals surface area contributed by atoms with Crippen molar-refractivity contribution in [2.45, 2.75) is 19.3 Å². The van der Waals surface area contributed by atoms with Gasteiger partial charge in [-0.15, -0.1) is 0 Å². The van der Waals surface area contributed by atoms with Crippen LogP contribution < -0.4 is 10.1 Å². The number of nitrogens with one attached hydrogen (secondary N) is 1. The second-order valence-corrected chi connectivity index (χ2v) is 5.49. The standard InChI is InChI=1S/C16H24N2O2/c1-18-10-5-6-14(13-18)12-17-16(19)9-11-20-15-7-3-2-4-8-15/h2-4,7-8,14H,5-6,9-13H2,1H3,(H,17,19)/t14-/m1/s1. The number of nitrogens with zero attached hydrogens (tertiary/aromatic N) is 1. The maximum absolute atomic E-state index is 11.8. The van der Waals surface area contributed by atoms with E-state index in [1.807, 2.05) is 30.3 Å². The van der Waals surface area contributed by atoms with E-state index in [9.17, 15) is 4.79 Å². The number of hydrogen-bond donors (Lipinski definition) is 1. The molecule has 0 radical (unpaired) electrons. The first kappa shape index (κ1) is 14.9. The number of ether oxygens (including phenoxy) is 1. The van der Waals surface area contributed by atoms with Crippen LogP contribution in [0, 0.1) is 5.92 Å². The summed E-state index contributed by atoms with van der Waals surface area (Å²) in [6.45, 7) is 3.48. The molecule has 1 aromatic carbocycles. The van der Waals surface area contributed by atoms with Crippen molar-refractivity contribution in [3.8, 4) is 5.75 Å². The van der Waals surface area contributed by atoms with E-state index in [1.54, 1.807) is 0 Å². The van der Waals surface area contributed by atoms with Crippen LogP contribution in [0.15, 0.2) is 30.3 Å². The minimum Gasteiger partial charge on any atom is -0.493 e. The third-order valence-corrected chi connectivity index (χ3v) is 3.65. The molecule has 0 saturated carbocycles. The first-order valence-electron chi connectivity index (χ1n) is 7.37. The highest BCUT2D eigenvalue weighted by Crippen LogP contribution is 2.14. The van der Waals surface area contributed by atoms with E-state index in [2.05, 4.69) is 17.3 Å². The smallest absolute Gasteiger partial charge is 0.223 e. The van der Waals surface area contributed by atoms with Crippen LogP contribution >= 0.6 is 0 Å². The minimum atomic E-state index is 0.0779. The maximum atomic E-state index is 11.8. The zero-order chi connectivity index (χ0) is 14.2. The van der Waals surface area contributed by atoms with Gasteiger partial charge in [0.1, 0.15) is 5.75 Å². The number of rotatable bonds is 6. The molecule has 1 aromatic rings. The molecule has 110 valence electrons. The van der Waals surface area contributed by atoms with Crippen LogP contribution in [0.25, 0.3) is 0 Å². The predicted molar refractivity (Wildman–Crippen MR) is 79.8 cm³/mol. The topological polar surface area (TPSA) is 41.6 Å². The van der Waals surface area contributed by atoms with Gasteiger partial charge >= 0.3 is 0 Å². The van der Waals surface area contributed by atoms with Gasteiger partial charge in [0.05, 0.1) is 13.0 Å². The molecule has 2 rings (SSSR count). The molecule has 4 nitrogen and oxygen atoms in total. The molecule has 0 spiro atoms. The first-order valence-corrected chi connectivity index (χ1v) is 7.37. The summed E-state index contributed by atoms with van der Waals surface area (Å²) in [6, 6.07) is 9.59. The number of carbonyl (C=O) groups is 1. The van der Waals surface area contributed by atoms with Crippen molar-refractivity contribution in [1.82, 2.24) is 10.2 Å². The van der Waals surface area contributed by atoms with Crippen LogP contribution in [0.1, 0.15) is 19.3 Å². The van der Waals surface area contributed by atoms with Crippen LogP contribution in [0.5, 0.6) is 5.75 Å². The van der Waals surface area contributed by atoms with Crippen molar-refractivity contribution >= 4 is 5.91 Å². The highest BCUT2D eigenvalue weighted by molar-refractivity contribution is 5.75. The first-order chi connectivity index (χ1) is 9.74. The zero-order valence-electron chi connectivity index (χ0n) is 12.2. The largest absolute Gasteiger partial charge is 0.493 e. The lowest BCUT2D eigenvalue weighted by molar-refractivity contribution is -0.121. The third-order valence-electron chi connectivity index (χ3n) is 3.65. The number of piperidine rings is 1. The van der Waals surface area contributed by atoms with E-state index in [0.717, 1.165) is 18.8 Å². The molecule has 0 unspecified atom stereocenters. The molecule has 1 heterocycles. The van der Waals surface area contributed by atoms with Gasteiger partial charge in [-0.1, -0.05) is 18.2 Å². The van der Waals surface area contributed by atoms with Crippen LogP contribution in [0.2, 0.25) is 0 Å². The van der Waals surface area contributed by atoms with Crippen LogP contribution in [-0.2, 0) is 4.79 Å². The van der Waals surface area contributed by atoms with Crippen LogP contribution in [0.3, 0.4) is 0 Å². The lowest BCUT2D eigenvalue weighted by Crippen LogP contribution is -2.39. The third kappa shape index (κ3) is 5.21. The summed E-state index contributed by atoms with van der Waals surface area (Å²) in [5.74, 6) is 1.48. The molecule has 1 fully saturated rings. The van der Waals surface area contributed by atoms with Crippen molar-refractivity contribution in [3.63, 3.8) is 0 Å². The number of para-hydroxylation sites is 1. The van der Waals surface area contributed by atoms with Gasteiger partial charge in [0, 0.05) is 13.1 Å². The lowest BCUT2D eigenvalue weighted by atomic mass is 9.98. The summed E-state index contributed by atoms with van der Waals surface area (Å²) in [5, 5.41) is 3.01. The van der Waals surface area contributed by atoms with E-state index in [0.29, 0.717) is 18.9 Å². The molecular formula is C16H24N2O2. The molecule has 4 heteroatoms. The Morgan fingerprint density at radius 2 is 2.20 bits per heavy atom. The van der Waals surface area contributed by atoms with E-state index in [-0.39, 0.29) is 5.91 Å². The second-order valence-electron chi connectivity index (χ2n) is 5.49. The zero-order valence-corrected chi connectivity index (χ0v) is 12.2. The average Bonchev–Trinajstić information content (AvgIpc) is 2.46. The summed E-state index contributed by atoms with van der Waals surface area (Å²) in [6.07, 6.45) is 2.86. The van der Waals surface area contributed by atoms with Gasteiger partial charge in [-0.2, -0.15) is 0 Å². The van der Waals surface area contributed by atoms with Gasteiger partial charge in [-0.25, -0.2) is 0 Å². The highest BCUT2D eigenvalue weighted by Gasteiger charge is 2.17. The summed E-state index contributed by atoms with van der Waals surface area (Å²) < 4.78 is 5.52. The monoisotopic (exact) mass is 276 g/mol. The van der Waals surface area contributed by atoms with Gasteiger partial charge in [0.15, 0.2) is 0 Å². The quantitative estimate of drug-likeness (QED) is 0.863. The Labute approximate surface area is 121 Å². The SMILES string of the molecule is CN1CCC[C@H](CNC(=O)CCOc2ccccc2)C1. The van der Waals surface area contributed by atoms with Crippen molar-refractivity contribution in [2.24, 2.45) is 5.92 Å². The molecule has 1 amide bonds. The molecule has 1 N–H and O–H groups in total. The van der Waals surface area contributed by atoms with Gasteiger partial charge in [-0.3, -0.25) is 4.79 Å². The Kier molecular flexibility index (Phi) is 5.87. The highest BCUT2D eigenvalue weighted by atomic mass is 16.5. The van der Waals surface area contributed by atoms with Gasteiger partial charge in [0.25, 0.3) is 0 Å². The predicted octanol–water partition coefficient (Wildman–Crippen LogP) is 1.91. The number of amides is 1. The average molecular weight is 276 g/mol. The number of benzene rings is 1. The van der Waals surface area contributed by atoms with Crippen molar-refractivity contribution in [3.05, 3.63) is 30.3 Å². The molecule has 1 aliphatic heterocycles. The molecule has 1 atom stereocenters. The van der Waals surface area contributed by atoms with Gasteiger partial charge < -0.3 is 15.0 Å². The van der Waals surface area contributed by atoms with Gasteiger partial charge in [0.2, 0.25) is 5.91 Å². The molecule has 1 aliphatic rings. The summed E-state index contributed by atoms with van der Waals surface area (Å²) in [5.41, 5.74) is 0. The molecule has 20 heavy (non-hydrogen) atoms. The molecule has 0 bridgehead atoms. The fourth-order valence-electron chi connectivity index (χ4n) is 2.56. The van der Waals surface area contributed by atoms with E-state index in [4.69, 9.17) is 4.74 Å².